The lowest BCUT2D eigenvalue weighted by Crippen LogP contribution is -2.53. The molecule has 21 heavy (non-hydrogen) atoms. The summed E-state index contributed by atoms with van der Waals surface area (Å²) in [4.78, 5) is 5.00. The van der Waals surface area contributed by atoms with Gasteiger partial charge in [-0.05, 0) is 40.5 Å². The zero-order valence-electron chi connectivity index (χ0n) is 14.5. The SMILES string of the molecule is CC(C)NC1(c2nc(C(C)(C)C)cs2)CC(C)OC(C)C1. The van der Waals surface area contributed by atoms with Crippen LogP contribution in [-0.4, -0.2) is 23.2 Å². The molecule has 0 aliphatic carbocycles. The summed E-state index contributed by atoms with van der Waals surface area (Å²) in [5.74, 6) is 0. The van der Waals surface area contributed by atoms with E-state index in [1.807, 2.05) is 0 Å². The summed E-state index contributed by atoms with van der Waals surface area (Å²) in [5, 5.41) is 7.26. The van der Waals surface area contributed by atoms with Gasteiger partial charge in [-0.2, -0.15) is 0 Å². The summed E-state index contributed by atoms with van der Waals surface area (Å²) in [6, 6.07) is 0.435. The molecule has 0 spiro atoms. The maximum Gasteiger partial charge on any atom is 0.113 e. The molecular weight excluding hydrogens is 280 g/mol. The molecule has 2 unspecified atom stereocenters. The van der Waals surface area contributed by atoms with E-state index >= 15 is 0 Å². The van der Waals surface area contributed by atoms with Gasteiger partial charge in [-0.3, -0.25) is 0 Å². The van der Waals surface area contributed by atoms with Crippen LogP contribution in [0.2, 0.25) is 0 Å². The Labute approximate surface area is 133 Å². The molecule has 0 aromatic carbocycles. The third-order valence-electron chi connectivity index (χ3n) is 3.98. The maximum absolute atomic E-state index is 5.96. The van der Waals surface area contributed by atoms with E-state index in [4.69, 9.17) is 9.72 Å². The van der Waals surface area contributed by atoms with Gasteiger partial charge in [0, 0.05) is 16.8 Å². The van der Waals surface area contributed by atoms with Crippen LogP contribution in [0.5, 0.6) is 0 Å². The van der Waals surface area contributed by atoms with Crippen molar-refractivity contribution in [2.75, 3.05) is 0 Å². The van der Waals surface area contributed by atoms with Crippen LogP contribution in [0.1, 0.15) is 72.0 Å². The van der Waals surface area contributed by atoms with Crippen molar-refractivity contribution in [3.63, 3.8) is 0 Å². The lowest BCUT2D eigenvalue weighted by molar-refractivity contribution is -0.0731. The molecule has 1 aromatic heterocycles. The van der Waals surface area contributed by atoms with Crippen LogP contribution in [-0.2, 0) is 15.7 Å². The molecule has 0 radical (unpaired) electrons. The lowest BCUT2D eigenvalue weighted by atomic mass is 9.83. The Hall–Kier alpha value is -0.450. The average molecular weight is 311 g/mol. The first-order valence-corrected chi connectivity index (χ1v) is 8.90. The zero-order chi connectivity index (χ0) is 15.8. The molecule has 0 amide bonds. The largest absolute Gasteiger partial charge is 0.375 e. The van der Waals surface area contributed by atoms with Crippen molar-refractivity contribution >= 4 is 11.3 Å². The number of ether oxygens (including phenoxy) is 1. The van der Waals surface area contributed by atoms with Crippen LogP contribution in [0.15, 0.2) is 5.38 Å². The number of thiazole rings is 1. The normalized spacial score (nSPS) is 30.9. The number of nitrogens with zero attached hydrogens (tertiary/aromatic N) is 1. The molecular formula is C17H30N2OS. The molecule has 2 atom stereocenters. The van der Waals surface area contributed by atoms with Crippen LogP contribution in [0, 0.1) is 0 Å². The molecule has 120 valence electrons. The number of nitrogens with one attached hydrogen (secondary N) is 1. The third-order valence-corrected chi connectivity index (χ3v) is 5.03. The summed E-state index contributed by atoms with van der Waals surface area (Å²) < 4.78 is 5.96. The molecule has 2 heterocycles. The summed E-state index contributed by atoms with van der Waals surface area (Å²) in [7, 11) is 0. The molecule has 1 aromatic rings. The number of hydrogen-bond donors (Lipinski definition) is 1. The second-order valence-electron chi connectivity index (χ2n) is 7.83. The van der Waals surface area contributed by atoms with Gasteiger partial charge in [0.2, 0.25) is 0 Å². The molecule has 2 rings (SSSR count). The Morgan fingerprint density at radius 3 is 2.29 bits per heavy atom. The summed E-state index contributed by atoms with van der Waals surface area (Å²) in [6.07, 6.45) is 2.52. The highest BCUT2D eigenvalue weighted by molar-refractivity contribution is 7.09. The highest BCUT2D eigenvalue weighted by Gasteiger charge is 2.43. The summed E-state index contributed by atoms with van der Waals surface area (Å²) >= 11 is 1.80. The fourth-order valence-corrected chi connectivity index (χ4v) is 4.53. The fraction of sp³-hybridized carbons (Fsp3) is 0.824. The van der Waals surface area contributed by atoms with E-state index in [1.54, 1.807) is 11.3 Å². The molecule has 3 nitrogen and oxygen atoms in total. The second kappa shape index (κ2) is 5.98. The van der Waals surface area contributed by atoms with Crippen molar-refractivity contribution in [1.82, 2.24) is 10.3 Å². The quantitative estimate of drug-likeness (QED) is 0.907. The Bertz CT molecular complexity index is 460. The van der Waals surface area contributed by atoms with Crippen LogP contribution >= 0.6 is 11.3 Å². The van der Waals surface area contributed by atoms with Crippen molar-refractivity contribution in [2.24, 2.45) is 0 Å². The van der Waals surface area contributed by atoms with Gasteiger partial charge in [0.05, 0.1) is 23.4 Å². The minimum Gasteiger partial charge on any atom is -0.375 e. The number of rotatable bonds is 3. The van der Waals surface area contributed by atoms with Gasteiger partial charge in [0.25, 0.3) is 0 Å². The van der Waals surface area contributed by atoms with E-state index in [0.29, 0.717) is 6.04 Å². The van der Waals surface area contributed by atoms with E-state index in [1.165, 1.54) is 10.7 Å². The topological polar surface area (TPSA) is 34.2 Å². The van der Waals surface area contributed by atoms with Crippen LogP contribution in [0.4, 0.5) is 0 Å². The predicted molar refractivity (Wildman–Crippen MR) is 90.0 cm³/mol. The van der Waals surface area contributed by atoms with Gasteiger partial charge in [-0.15, -0.1) is 11.3 Å². The first-order chi connectivity index (χ1) is 9.62. The van der Waals surface area contributed by atoms with E-state index in [9.17, 15) is 0 Å². The average Bonchev–Trinajstić information content (AvgIpc) is 2.74. The van der Waals surface area contributed by atoms with Crippen molar-refractivity contribution < 1.29 is 4.74 Å². The molecule has 4 heteroatoms. The summed E-state index contributed by atoms with van der Waals surface area (Å²) in [6.45, 7) is 15.4. The smallest absolute Gasteiger partial charge is 0.113 e. The highest BCUT2D eigenvalue weighted by Crippen LogP contribution is 2.40. The molecule has 1 aliphatic heterocycles. The second-order valence-corrected chi connectivity index (χ2v) is 8.69. The third kappa shape index (κ3) is 3.85. The minimum absolute atomic E-state index is 0.0422. The number of aromatic nitrogens is 1. The van der Waals surface area contributed by atoms with Gasteiger partial charge >= 0.3 is 0 Å². The Morgan fingerprint density at radius 2 is 1.86 bits per heavy atom. The van der Waals surface area contributed by atoms with Crippen molar-refractivity contribution in [3.8, 4) is 0 Å². The molecule has 0 bridgehead atoms. The van der Waals surface area contributed by atoms with E-state index in [-0.39, 0.29) is 23.2 Å². The first kappa shape index (κ1) is 16.9. The van der Waals surface area contributed by atoms with Crippen LogP contribution in [0.25, 0.3) is 0 Å². The van der Waals surface area contributed by atoms with Gasteiger partial charge in [0.1, 0.15) is 5.01 Å². The monoisotopic (exact) mass is 310 g/mol. The molecule has 1 N–H and O–H groups in total. The first-order valence-electron chi connectivity index (χ1n) is 8.02. The zero-order valence-corrected chi connectivity index (χ0v) is 15.3. The Kier molecular flexibility index (Phi) is 4.81. The fourth-order valence-electron chi connectivity index (χ4n) is 3.30. The highest BCUT2D eigenvalue weighted by atomic mass is 32.1. The van der Waals surface area contributed by atoms with Gasteiger partial charge in [0.15, 0.2) is 0 Å². The van der Waals surface area contributed by atoms with E-state index in [0.717, 1.165) is 12.8 Å². The van der Waals surface area contributed by atoms with Crippen molar-refractivity contribution in [3.05, 3.63) is 16.1 Å². The van der Waals surface area contributed by atoms with Crippen LogP contribution < -0.4 is 5.32 Å². The van der Waals surface area contributed by atoms with E-state index < -0.39 is 0 Å². The van der Waals surface area contributed by atoms with Crippen molar-refractivity contribution in [1.29, 1.82) is 0 Å². The minimum atomic E-state index is -0.0422. The molecule has 0 saturated carbocycles. The lowest BCUT2D eigenvalue weighted by Gasteiger charge is -2.43. The molecule has 1 saturated heterocycles. The van der Waals surface area contributed by atoms with Gasteiger partial charge in [-0.25, -0.2) is 4.98 Å². The van der Waals surface area contributed by atoms with Gasteiger partial charge < -0.3 is 10.1 Å². The Morgan fingerprint density at radius 1 is 1.29 bits per heavy atom. The summed E-state index contributed by atoms with van der Waals surface area (Å²) in [5.41, 5.74) is 1.26. The number of hydrogen-bond acceptors (Lipinski definition) is 4. The van der Waals surface area contributed by atoms with E-state index in [2.05, 4.69) is 59.2 Å². The van der Waals surface area contributed by atoms with Crippen molar-refractivity contribution in [2.45, 2.75) is 90.5 Å². The maximum atomic E-state index is 5.96. The Balaban J connectivity index is 2.38. The standard InChI is InChI=1S/C17H30N2OS/c1-11(2)19-17(8-12(3)20-13(4)9-17)15-18-14(10-21-15)16(5,6)7/h10-13,19H,8-9H2,1-7H3. The van der Waals surface area contributed by atoms with Gasteiger partial charge in [-0.1, -0.05) is 20.8 Å². The predicted octanol–water partition coefficient (Wildman–Crippen LogP) is 4.22. The molecule has 1 fully saturated rings. The van der Waals surface area contributed by atoms with Crippen LogP contribution in [0.3, 0.4) is 0 Å². The molecule has 1 aliphatic rings.